The Labute approximate surface area is 132 Å². The maximum Gasteiger partial charge on any atom is 0.0455 e. The van der Waals surface area contributed by atoms with Crippen LogP contribution in [0.2, 0.25) is 5.02 Å². The highest BCUT2D eigenvalue weighted by Gasteiger charge is 2.55. The fraction of sp³-hybridized carbons (Fsp3) is 0.684. The molecule has 6 rings (SSSR count). The number of rotatable bonds is 1. The highest BCUT2D eigenvalue weighted by molar-refractivity contribution is 6.31. The lowest BCUT2D eigenvalue weighted by Crippen LogP contribution is -2.53. The molecule has 0 saturated heterocycles. The van der Waals surface area contributed by atoms with E-state index in [0.29, 0.717) is 11.5 Å². The topological polar surface area (TPSA) is 12.0 Å². The van der Waals surface area contributed by atoms with Gasteiger partial charge in [0.15, 0.2) is 0 Å². The van der Waals surface area contributed by atoms with Crippen LogP contribution in [0.1, 0.15) is 49.7 Å². The zero-order valence-electron chi connectivity index (χ0n) is 12.8. The quantitative estimate of drug-likeness (QED) is 0.751. The predicted octanol–water partition coefficient (Wildman–Crippen LogP) is 5.20. The maximum atomic E-state index is 6.32. The lowest BCUT2D eigenvalue weighted by Gasteiger charge is -2.59. The Morgan fingerprint density at radius 2 is 1.67 bits per heavy atom. The first-order valence-corrected chi connectivity index (χ1v) is 9.05. The molecule has 21 heavy (non-hydrogen) atoms. The molecule has 1 aromatic rings. The van der Waals surface area contributed by atoms with Crippen molar-refractivity contribution in [2.45, 2.75) is 57.9 Å². The first-order valence-electron chi connectivity index (χ1n) is 8.67. The van der Waals surface area contributed by atoms with Gasteiger partial charge in [-0.3, -0.25) is 0 Å². The lowest BCUT2D eigenvalue weighted by molar-refractivity contribution is -0.0619. The molecule has 1 N–H and O–H groups in total. The van der Waals surface area contributed by atoms with Gasteiger partial charge in [-0.05, 0) is 92.2 Å². The number of hydrogen-bond acceptors (Lipinski definition) is 1. The second kappa shape index (κ2) is 4.19. The van der Waals surface area contributed by atoms with Crippen LogP contribution in [-0.4, -0.2) is 6.04 Å². The minimum absolute atomic E-state index is 0.590. The summed E-state index contributed by atoms with van der Waals surface area (Å²) in [6, 6.07) is 5.00. The molecule has 2 heteroatoms. The van der Waals surface area contributed by atoms with E-state index in [-0.39, 0.29) is 0 Å². The molecule has 1 atom stereocenters. The van der Waals surface area contributed by atoms with Crippen LogP contribution in [0.4, 0.5) is 5.69 Å². The van der Waals surface area contributed by atoms with Gasteiger partial charge >= 0.3 is 0 Å². The van der Waals surface area contributed by atoms with Crippen LogP contribution in [0.3, 0.4) is 0 Å². The van der Waals surface area contributed by atoms with Crippen LogP contribution in [0.5, 0.6) is 0 Å². The molecule has 1 aromatic carbocycles. The summed E-state index contributed by atoms with van der Waals surface area (Å²) in [6.45, 7) is 2.16. The fourth-order valence-electron chi connectivity index (χ4n) is 6.53. The predicted molar refractivity (Wildman–Crippen MR) is 87.9 cm³/mol. The average Bonchev–Trinajstić information content (AvgIpc) is 2.87. The van der Waals surface area contributed by atoms with Crippen LogP contribution in [0.15, 0.2) is 12.1 Å². The molecule has 5 aliphatic rings. The SMILES string of the molecule is Cc1c(Cl)ccc2c1NC(C13CC4CC(CC(C4)C1)C3)C2. The third kappa shape index (κ3) is 1.76. The minimum atomic E-state index is 0.590. The summed E-state index contributed by atoms with van der Waals surface area (Å²) in [7, 11) is 0. The molecule has 0 aromatic heterocycles. The van der Waals surface area contributed by atoms with E-state index < -0.39 is 0 Å². The molecule has 0 spiro atoms. The van der Waals surface area contributed by atoms with E-state index in [1.165, 1.54) is 61.8 Å². The van der Waals surface area contributed by atoms with E-state index in [9.17, 15) is 0 Å². The van der Waals surface area contributed by atoms with Gasteiger partial charge in [0.25, 0.3) is 0 Å². The Balaban J connectivity index is 1.49. The van der Waals surface area contributed by atoms with Crippen molar-refractivity contribution in [3.63, 3.8) is 0 Å². The van der Waals surface area contributed by atoms with Gasteiger partial charge in [0.2, 0.25) is 0 Å². The molecule has 112 valence electrons. The first kappa shape index (κ1) is 12.8. The minimum Gasteiger partial charge on any atom is -0.381 e. The second-order valence-electron chi connectivity index (χ2n) is 8.39. The van der Waals surface area contributed by atoms with Crippen LogP contribution >= 0.6 is 11.6 Å². The van der Waals surface area contributed by atoms with Gasteiger partial charge in [-0.2, -0.15) is 0 Å². The summed E-state index contributed by atoms with van der Waals surface area (Å²) >= 11 is 6.32. The van der Waals surface area contributed by atoms with Crippen molar-refractivity contribution in [2.24, 2.45) is 23.2 Å². The van der Waals surface area contributed by atoms with Crippen molar-refractivity contribution in [3.8, 4) is 0 Å². The molecule has 1 heterocycles. The smallest absolute Gasteiger partial charge is 0.0455 e. The van der Waals surface area contributed by atoms with Crippen LogP contribution in [0, 0.1) is 30.1 Å². The average molecular weight is 302 g/mol. The standard InChI is InChI=1S/C19H24ClN/c1-11-16(20)3-2-15-7-17(21-18(11)15)19-8-12-4-13(9-19)6-14(5-12)10-19/h2-3,12-14,17,21H,4-10H2,1H3. The monoisotopic (exact) mass is 301 g/mol. The molecular weight excluding hydrogens is 278 g/mol. The van der Waals surface area contributed by atoms with E-state index in [1.54, 1.807) is 0 Å². The molecule has 4 aliphatic carbocycles. The van der Waals surface area contributed by atoms with Crippen LogP contribution in [-0.2, 0) is 6.42 Å². The Morgan fingerprint density at radius 1 is 1.05 bits per heavy atom. The Hall–Kier alpha value is -0.690. The van der Waals surface area contributed by atoms with Crippen molar-refractivity contribution in [2.75, 3.05) is 5.32 Å². The number of halogens is 1. The van der Waals surface area contributed by atoms with E-state index in [0.717, 1.165) is 22.8 Å². The molecule has 0 radical (unpaired) electrons. The Kier molecular flexibility index (Phi) is 2.56. The van der Waals surface area contributed by atoms with Gasteiger partial charge in [0.05, 0.1) is 0 Å². The first-order chi connectivity index (χ1) is 10.1. The fourth-order valence-corrected chi connectivity index (χ4v) is 6.69. The number of benzene rings is 1. The molecule has 1 unspecified atom stereocenters. The summed E-state index contributed by atoms with van der Waals surface area (Å²) in [5, 5.41) is 4.83. The van der Waals surface area contributed by atoms with Crippen molar-refractivity contribution in [1.82, 2.24) is 0 Å². The maximum absolute atomic E-state index is 6.32. The summed E-state index contributed by atoms with van der Waals surface area (Å²) in [5.41, 5.74) is 4.69. The van der Waals surface area contributed by atoms with E-state index in [4.69, 9.17) is 11.6 Å². The van der Waals surface area contributed by atoms with E-state index in [2.05, 4.69) is 24.4 Å². The molecular formula is C19H24ClN. The summed E-state index contributed by atoms with van der Waals surface area (Å²) in [4.78, 5) is 0. The van der Waals surface area contributed by atoms with Gasteiger partial charge in [0, 0.05) is 16.8 Å². The molecule has 4 fully saturated rings. The third-order valence-electron chi connectivity index (χ3n) is 7.05. The molecule has 1 aliphatic heterocycles. The van der Waals surface area contributed by atoms with E-state index >= 15 is 0 Å². The third-order valence-corrected chi connectivity index (χ3v) is 7.46. The molecule has 0 amide bonds. The number of nitrogens with one attached hydrogen (secondary N) is 1. The molecule has 4 bridgehead atoms. The van der Waals surface area contributed by atoms with Gasteiger partial charge in [-0.25, -0.2) is 0 Å². The van der Waals surface area contributed by atoms with Crippen LogP contribution < -0.4 is 5.32 Å². The molecule has 1 nitrogen and oxygen atoms in total. The van der Waals surface area contributed by atoms with Crippen molar-refractivity contribution < 1.29 is 0 Å². The summed E-state index contributed by atoms with van der Waals surface area (Å²) in [5.74, 6) is 3.10. The summed E-state index contributed by atoms with van der Waals surface area (Å²) in [6.07, 6.45) is 10.3. The van der Waals surface area contributed by atoms with Gasteiger partial charge < -0.3 is 5.32 Å². The van der Waals surface area contributed by atoms with Gasteiger partial charge in [-0.15, -0.1) is 0 Å². The van der Waals surface area contributed by atoms with Crippen LogP contribution in [0.25, 0.3) is 0 Å². The second-order valence-corrected chi connectivity index (χ2v) is 8.79. The number of fused-ring (bicyclic) bond motifs is 1. The number of hydrogen-bond donors (Lipinski definition) is 1. The normalized spacial score (nSPS) is 43.0. The van der Waals surface area contributed by atoms with Gasteiger partial charge in [-0.1, -0.05) is 17.7 Å². The number of anilines is 1. The van der Waals surface area contributed by atoms with Crippen molar-refractivity contribution in [3.05, 3.63) is 28.3 Å². The zero-order valence-corrected chi connectivity index (χ0v) is 13.5. The largest absolute Gasteiger partial charge is 0.381 e. The lowest BCUT2D eigenvalue weighted by atomic mass is 9.47. The Morgan fingerprint density at radius 3 is 2.29 bits per heavy atom. The zero-order chi connectivity index (χ0) is 14.2. The van der Waals surface area contributed by atoms with Crippen molar-refractivity contribution >= 4 is 17.3 Å². The Bertz CT molecular complexity index is 571. The highest BCUT2D eigenvalue weighted by atomic mass is 35.5. The molecule has 4 saturated carbocycles. The summed E-state index contributed by atoms with van der Waals surface area (Å²) < 4.78 is 0. The highest BCUT2D eigenvalue weighted by Crippen LogP contribution is 2.62. The van der Waals surface area contributed by atoms with Gasteiger partial charge in [0.1, 0.15) is 0 Å². The van der Waals surface area contributed by atoms with E-state index in [1.807, 2.05) is 0 Å². The van der Waals surface area contributed by atoms with Crippen molar-refractivity contribution in [1.29, 1.82) is 0 Å².